The maximum Gasteiger partial charge on any atom is 0.0709 e. The Kier molecular flexibility index (Phi) is 6.15. The Morgan fingerprint density at radius 1 is 0.452 bits per heavy atom. The average molecular weight is 538 g/mol. The predicted octanol–water partition coefficient (Wildman–Crippen LogP) is 10.8. The Hall–Kier alpha value is -5.01. The van der Waals surface area contributed by atoms with Gasteiger partial charge in [0, 0.05) is 10.9 Å². The summed E-state index contributed by atoms with van der Waals surface area (Å²) in [7, 11) is 0. The molecule has 1 heteroatoms. The van der Waals surface area contributed by atoms with Gasteiger partial charge in [0.25, 0.3) is 0 Å². The lowest BCUT2D eigenvalue weighted by Crippen LogP contribution is -2.04. The molecule has 200 valence electrons. The molecule has 0 unspecified atom stereocenters. The van der Waals surface area contributed by atoms with Gasteiger partial charge in [-0.1, -0.05) is 121 Å². The fourth-order valence-electron chi connectivity index (χ4n) is 6.80. The second-order valence-corrected chi connectivity index (χ2v) is 11.3. The summed E-state index contributed by atoms with van der Waals surface area (Å²) in [5, 5.41) is 1.17. The number of allylic oxidation sites excluding steroid dienone is 2. The van der Waals surface area contributed by atoms with Crippen molar-refractivity contribution in [1.82, 2.24) is 4.98 Å². The van der Waals surface area contributed by atoms with E-state index in [2.05, 4.69) is 133 Å². The zero-order chi connectivity index (χ0) is 27.9. The second kappa shape index (κ2) is 10.4. The molecule has 2 aliphatic carbocycles. The van der Waals surface area contributed by atoms with E-state index in [-0.39, 0.29) is 0 Å². The van der Waals surface area contributed by atoms with E-state index in [9.17, 15) is 0 Å². The molecule has 0 saturated carbocycles. The maximum absolute atomic E-state index is 4.97. The molecule has 0 aliphatic heterocycles. The molecular weight excluding hydrogens is 506 g/mol. The molecule has 0 radical (unpaired) electrons. The molecule has 0 atom stereocenters. The summed E-state index contributed by atoms with van der Waals surface area (Å²) in [4.78, 5) is 4.97. The van der Waals surface area contributed by atoms with Crippen molar-refractivity contribution >= 4 is 23.1 Å². The Labute approximate surface area is 247 Å². The lowest BCUT2D eigenvalue weighted by molar-refractivity contribution is 0.980. The normalized spacial score (nSPS) is 13.6. The average Bonchev–Trinajstić information content (AvgIpc) is 3.08. The third-order valence-corrected chi connectivity index (χ3v) is 8.85. The number of hydrogen-bond donors (Lipinski definition) is 0. The first-order valence-electron chi connectivity index (χ1n) is 15.0. The number of fused-ring (bicyclic) bond motifs is 3. The standard InChI is InChI=1S/C41H31N/c1-3-11-28(12-4-1)32-21-23-38(36-17-9-7-15-34(32)36)39-24-22-33(35-16-8-10-18-37(35)39)30-19-25-41-31(27-30)20-26-40(42-41)29-13-5-2-6-14-29/h1-7,10-15,18-27H,8-9,16-17H2. The van der Waals surface area contributed by atoms with Gasteiger partial charge < -0.3 is 0 Å². The highest BCUT2D eigenvalue weighted by atomic mass is 14.7. The van der Waals surface area contributed by atoms with Crippen LogP contribution in [-0.4, -0.2) is 4.98 Å². The van der Waals surface area contributed by atoms with E-state index >= 15 is 0 Å². The molecule has 1 heterocycles. The number of nitrogens with zero attached hydrogens (tertiary/aromatic N) is 1. The second-order valence-electron chi connectivity index (χ2n) is 11.3. The third kappa shape index (κ3) is 4.30. The van der Waals surface area contributed by atoms with Crippen LogP contribution >= 0.6 is 0 Å². The van der Waals surface area contributed by atoms with Crippen LogP contribution in [0.1, 0.15) is 35.1 Å². The van der Waals surface area contributed by atoms with Crippen molar-refractivity contribution in [2.24, 2.45) is 0 Å². The Balaban J connectivity index is 1.23. The van der Waals surface area contributed by atoms with Crippen molar-refractivity contribution in [2.75, 3.05) is 0 Å². The smallest absolute Gasteiger partial charge is 0.0709 e. The number of benzene rings is 5. The van der Waals surface area contributed by atoms with Crippen LogP contribution in [0.15, 0.2) is 127 Å². The molecule has 0 amide bonds. The van der Waals surface area contributed by atoms with Gasteiger partial charge in [-0.2, -0.15) is 0 Å². The topological polar surface area (TPSA) is 12.9 Å². The summed E-state index contributed by atoms with van der Waals surface area (Å²) in [5.41, 5.74) is 16.8. The summed E-state index contributed by atoms with van der Waals surface area (Å²) >= 11 is 0. The number of rotatable bonds is 4. The summed E-state index contributed by atoms with van der Waals surface area (Å²) in [6, 6.07) is 41.7. The molecule has 0 fully saturated rings. The quantitative estimate of drug-likeness (QED) is 0.218. The molecule has 1 nitrogen and oxygen atoms in total. The van der Waals surface area contributed by atoms with Crippen molar-refractivity contribution < 1.29 is 0 Å². The van der Waals surface area contributed by atoms with Gasteiger partial charge in [-0.25, -0.2) is 4.98 Å². The predicted molar refractivity (Wildman–Crippen MR) is 178 cm³/mol. The Morgan fingerprint density at radius 3 is 1.83 bits per heavy atom. The zero-order valence-corrected chi connectivity index (χ0v) is 23.6. The van der Waals surface area contributed by atoms with Gasteiger partial charge in [0.05, 0.1) is 11.2 Å². The highest BCUT2D eigenvalue weighted by Gasteiger charge is 2.21. The van der Waals surface area contributed by atoms with Crippen molar-refractivity contribution in [1.29, 1.82) is 0 Å². The molecule has 1 aromatic heterocycles. The number of hydrogen-bond acceptors (Lipinski definition) is 1. The molecule has 6 aromatic rings. The van der Waals surface area contributed by atoms with Gasteiger partial charge in [-0.05, 0) is 99.5 Å². The molecule has 42 heavy (non-hydrogen) atoms. The van der Waals surface area contributed by atoms with Gasteiger partial charge in [0.2, 0.25) is 0 Å². The molecule has 0 N–H and O–H groups in total. The molecule has 0 spiro atoms. The van der Waals surface area contributed by atoms with Crippen LogP contribution in [0.25, 0.3) is 67.7 Å². The Morgan fingerprint density at radius 2 is 1.07 bits per heavy atom. The minimum atomic E-state index is 1.01. The number of aromatic nitrogens is 1. The van der Waals surface area contributed by atoms with Gasteiger partial charge in [-0.3, -0.25) is 0 Å². The van der Waals surface area contributed by atoms with E-state index in [1.807, 2.05) is 6.07 Å². The fourth-order valence-corrected chi connectivity index (χ4v) is 6.80. The largest absolute Gasteiger partial charge is 0.248 e. The third-order valence-electron chi connectivity index (χ3n) is 8.85. The van der Waals surface area contributed by atoms with Crippen LogP contribution in [0.5, 0.6) is 0 Å². The van der Waals surface area contributed by atoms with Crippen molar-refractivity contribution in [3.63, 3.8) is 0 Å². The molecule has 8 rings (SSSR count). The van der Waals surface area contributed by atoms with Gasteiger partial charge in [0.1, 0.15) is 0 Å². The molecule has 0 saturated heterocycles. The Bertz CT molecular complexity index is 2010. The summed E-state index contributed by atoms with van der Waals surface area (Å²) in [6.45, 7) is 0. The fraction of sp³-hybridized carbons (Fsp3) is 0.0976. The zero-order valence-electron chi connectivity index (χ0n) is 23.6. The molecule has 0 bridgehead atoms. The molecule has 2 aliphatic rings. The molecular formula is C41H31N. The van der Waals surface area contributed by atoms with Gasteiger partial charge >= 0.3 is 0 Å². The first-order valence-corrected chi connectivity index (χ1v) is 15.0. The van der Waals surface area contributed by atoms with Crippen LogP contribution < -0.4 is 0 Å². The summed E-state index contributed by atoms with van der Waals surface area (Å²) < 4.78 is 0. The first kappa shape index (κ1) is 24.8. The van der Waals surface area contributed by atoms with E-state index in [1.165, 1.54) is 61.0 Å². The van der Waals surface area contributed by atoms with E-state index in [4.69, 9.17) is 4.98 Å². The lowest BCUT2D eigenvalue weighted by Gasteiger charge is -2.24. The van der Waals surface area contributed by atoms with Gasteiger partial charge in [-0.15, -0.1) is 0 Å². The van der Waals surface area contributed by atoms with Crippen molar-refractivity contribution in [3.8, 4) is 44.6 Å². The summed E-state index contributed by atoms with van der Waals surface area (Å²) in [5.74, 6) is 0. The summed E-state index contributed by atoms with van der Waals surface area (Å²) in [6.07, 6.45) is 13.7. The minimum Gasteiger partial charge on any atom is -0.248 e. The van der Waals surface area contributed by atoms with E-state index < -0.39 is 0 Å². The minimum absolute atomic E-state index is 1.01. The first-order chi connectivity index (χ1) is 20.8. The van der Waals surface area contributed by atoms with Gasteiger partial charge in [0.15, 0.2) is 0 Å². The van der Waals surface area contributed by atoms with Crippen LogP contribution in [0, 0.1) is 0 Å². The van der Waals surface area contributed by atoms with Crippen LogP contribution in [0.3, 0.4) is 0 Å². The highest BCUT2D eigenvalue weighted by Crippen LogP contribution is 2.42. The molecule has 5 aromatic carbocycles. The highest BCUT2D eigenvalue weighted by molar-refractivity contribution is 5.92. The maximum atomic E-state index is 4.97. The van der Waals surface area contributed by atoms with Crippen LogP contribution in [-0.2, 0) is 12.8 Å². The number of pyridine rings is 1. The van der Waals surface area contributed by atoms with E-state index in [0.717, 1.165) is 42.5 Å². The van der Waals surface area contributed by atoms with Crippen molar-refractivity contribution in [3.05, 3.63) is 150 Å². The SMILES string of the molecule is C1=Cc2c(-c3ccc(-c4ccccc4)c4c3CCC=C4)ccc(-c3ccc4nc(-c5ccccc5)ccc4c3)c2CC1. The monoisotopic (exact) mass is 537 g/mol. The van der Waals surface area contributed by atoms with Crippen LogP contribution in [0.2, 0.25) is 0 Å². The lowest BCUT2D eigenvalue weighted by atomic mass is 9.80. The van der Waals surface area contributed by atoms with Crippen molar-refractivity contribution in [2.45, 2.75) is 25.7 Å². The van der Waals surface area contributed by atoms with E-state index in [1.54, 1.807) is 0 Å². The van der Waals surface area contributed by atoms with E-state index in [0.29, 0.717) is 0 Å². The van der Waals surface area contributed by atoms with Crippen LogP contribution in [0.4, 0.5) is 0 Å².